The van der Waals surface area contributed by atoms with Crippen LogP contribution in [0.5, 0.6) is 5.75 Å². The molecular formula is C13H19NO3. The van der Waals surface area contributed by atoms with Crippen molar-refractivity contribution >= 4 is 5.97 Å². The number of nitrogens with one attached hydrogen (secondary N) is 1. The van der Waals surface area contributed by atoms with Gasteiger partial charge < -0.3 is 14.8 Å². The predicted molar refractivity (Wildman–Crippen MR) is 65.9 cm³/mol. The lowest BCUT2D eigenvalue weighted by atomic mass is 10.2. The van der Waals surface area contributed by atoms with Gasteiger partial charge in [0.1, 0.15) is 5.75 Å². The second kappa shape index (κ2) is 6.91. The molecule has 0 fully saturated rings. The summed E-state index contributed by atoms with van der Waals surface area (Å²) in [5, 5.41) is 3.06. The lowest BCUT2D eigenvalue weighted by Gasteiger charge is -2.09. The standard InChI is InChI=1S/C13H19NO3/c1-10(2)17-13(15)9-16-12-6-4-11(5-7-12)8-14-3/h4-7,10,14H,8-9H2,1-3H3. The Morgan fingerprint density at radius 1 is 1.29 bits per heavy atom. The van der Waals surface area contributed by atoms with E-state index in [9.17, 15) is 4.79 Å². The van der Waals surface area contributed by atoms with Crippen molar-refractivity contribution in [3.05, 3.63) is 29.8 Å². The van der Waals surface area contributed by atoms with Gasteiger partial charge in [0.25, 0.3) is 0 Å². The first kappa shape index (κ1) is 13.5. The number of benzene rings is 1. The summed E-state index contributed by atoms with van der Waals surface area (Å²) in [6.07, 6.45) is -0.107. The molecule has 0 spiro atoms. The first-order valence-electron chi connectivity index (χ1n) is 5.67. The van der Waals surface area contributed by atoms with E-state index in [2.05, 4.69) is 5.32 Å². The maximum Gasteiger partial charge on any atom is 0.344 e. The molecule has 0 aliphatic heterocycles. The van der Waals surface area contributed by atoms with Crippen LogP contribution in [0, 0.1) is 0 Å². The Morgan fingerprint density at radius 2 is 1.94 bits per heavy atom. The van der Waals surface area contributed by atoms with Crippen LogP contribution in [0.1, 0.15) is 19.4 Å². The fourth-order valence-corrected chi connectivity index (χ4v) is 1.35. The van der Waals surface area contributed by atoms with Gasteiger partial charge in [-0.15, -0.1) is 0 Å². The van der Waals surface area contributed by atoms with E-state index in [-0.39, 0.29) is 18.7 Å². The average Bonchev–Trinajstić information content (AvgIpc) is 2.28. The third kappa shape index (κ3) is 5.36. The lowest BCUT2D eigenvalue weighted by Crippen LogP contribution is -2.18. The van der Waals surface area contributed by atoms with Crippen molar-refractivity contribution < 1.29 is 14.3 Å². The normalized spacial score (nSPS) is 10.4. The van der Waals surface area contributed by atoms with Gasteiger partial charge in [0.05, 0.1) is 6.10 Å². The number of rotatable bonds is 6. The molecule has 0 heterocycles. The maximum absolute atomic E-state index is 11.2. The van der Waals surface area contributed by atoms with Gasteiger partial charge in [-0.25, -0.2) is 4.79 Å². The number of esters is 1. The third-order valence-electron chi connectivity index (χ3n) is 2.03. The molecule has 0 radical (unpaired) electrons. The molecule has 0 amide bonds. The van der Waals surface area contributed by atoms with Crippen molar-refractivity contribution in [2.75, 3.05) is 13.7 Å². The average molecular weight is 237 g/mol. The Bertz CT molecular complexity index is 346. The van der Waals surface area contributed by atoms with E-state index in [1.165, 1.54) is 5.56 Å². The summed E-state index contributed by atoms with van der Waals surface area (Å²) in [5.74, 6) is 0.324. The summed E-state index contributed by atoms with van der Waals surface area (Å²) in [4.78, 5) is 11.2. The van der Waals surface area contributed by atoms with Crippen LogP contribution in [0.25, 0.3) is 0 Å². The van der Waals surface area contributed by atoms with E-state index >= 15 is 0 Å². The molecule has 1 N–H and O–H groups in total. The van der Waals surface area contributed by atoms with Gasteiger partial charge in [0.15, 0.2) is 6.61 Å². The van der Waals surface area contributed by atoms with Gasteiger partial charge in [-0.2, -0.15) is 0 Å². The van der Waals surface area contributed by atoms with Crippen LogP contribution in [0.4, 0.5) is 0 Å². The Hall–Kier alpha value is -1.55. The second-order valence-electron chi connectivity index (χ2n) is 4.00. The fraction of sp³-hybridized carbons (Fsp3) is 0.462. The van der Waals surface area contributed by atoms with E-state index < -0.39 is 0 Å². The van der Waals surface area contributed by atoms with Gasteiger partial charge in [0.2, 0.25) is 0 Å². The molecule has 0 aliphatic rings. The Kier molecular flexibility index (Phi) is 5.49. The molecule has 1 aromatic rings. The molecule has 0 aromatic heterocycles. The largest absolute Gasteiger partial charge is 0.482 e. The van der Waals surface area contributed by atoms with Crippen LogP contribution in [-0.2, 0) is 16.1 Å². The monoisotopic (exact) mass is 237 g/mol. The minimum atomic E-state index is -0.348. The zero-order valence-electron chi connectivity index (χ0n) is 10.5. The van der Waals surface area contributed by atoms with Crippen LogP contribution in [0.3, 0.4) is 0 Å². The summed E-state index contributed by atoms with van der Waals surface area (Å²) < 4.78 is 10.3. The van der Waals surface area contributed by atoms with E-state index in [1.807, 2.05) is 45.2 Å². The molecule has 4 heteroatoms. The van der Waals surface area contributed by atoms with Crippen LogP contribution in [0.2, 0.25) is 0 Å². The highest BCUT2D eigenvalue weighted by atomic mass is 16.6. The van der Waals surface area contributed by atoms with E-state index in [0.717, 1.165) is 6.54 Å². The lowest BCUT2D eigenvalue weighted by molar-refractivity contribution is -0.149. The van der Waals surface area contributed by atoms with Gasteiger partial charge in [-0.1, -0.05) is 12.1 Å². The van der Waals surface area contributed by atoms with Crippen molar-refractivity contribution in [3.63, 3.8) is 0 Å². The number of carbonyl (C=O) groups excluding carboxylic acids is 1. The summed E-state index contributed by atoms with van der Waals surface area (Å²) in [6, 6.07) is 7.60. The van der Waals surface area contributed by atoms with Gasteiger partial charge in [-0.05, 0) is 38.6 Å². The summed E-state index contributed by atoms with van der Waals surface area (Å²) >= 11 is 0. The number of hydrogen-bond donors (Lipinski definition) is 1. The number of ether oxygens (including phenoxy) is 2. The minimum absolute atomic E-state index is 0.0520. The molecule has 0 unspecified atom stereocenters. The maximum atomic E-state index is 11.2. The molecule has 1 aromatic carbocycles. The van der Waals surface area contributed by atoms with E-state index in [0.29, 0.717) is 5.75 Å². The Balaban J connectivity index is 2.39. The third-order valence-corrected chi connectivity index (χ3v) is 2.03. The smallest absolute Gasteiger partial charge is 0.344 e. The second-order valence-corrected chi connectivity index (χ2v) is 4.00. The first-order valence-corrected chi connectivity index (χ1v) is 5.67. The minimum Gasteiger partial charge on any atom is -0.482 e. The van der Waals surface area contributed by atoms with Crippen LogP contribution in [0.15, 0.2) is 24.3 Å². The molecule has 0 saturated heterocycles. The molecule has 0 aliphatic carbocycles. The zero-order valence-corrected chi connectivity index (χ0v) is 10.5. The van der Waals surface area contributed by atoms with Crippen molar-refractivity contribution in [2.45, 2.75) is 26.5 Å². The Morgan fingerprint density at radius 3 is 2.47 bits per heavy atom. The number of hydrogen-bond acceptors (Lipinski definition) is 4. The molecule has 0 saturated carbocycles. The molecule has 0 atom stereocenters. The van der Waals surface area contributed by atoms with Gasteiger partial charge in [-0.3, -0.25) is 0 Å². The van der Waals surface area contributed by atoms with E-state index in [1.54, 1.807) is 0 Å². The van der Waals surface area contributed by atoms with Gasteiger partial charge in [0, 0.05) is 6.54 Å². The highest BCUT2D eigenvalue weighted by molar-refractivity contribution is 5.71. The SMILES string of the molecule is CNCc1ccc(OCC(=O)OC(C)C)cc1. The van der Waals surface area contributed by atoms with Crippen LogP contribution < -0.4 is 10.1 Å². The summed E-state index contributed by atoms with van der Waals surface area (Å²) in [5.41, 5.74) is 1.17. The highest BCUT2D eigenvalue weighted by Crippen LogP contribution is 2.12. The molecule has 17 heavy (non-hydrogen) atoms. The molecule has 0 bridgehead atoms. The van der Waals surface area contributed by atoms with Crippen molar-refractivity contribution in [1.29, 1.82) is 0 Å². The highest BCUT2D eigenvalue weighted by Gasteiger charge is 2.06. The zero-order chi connectivity index (χ0) is 12.7. The number of carbonyl (C=O) groups is 1. The van der Waals surface area contributed by atoms with Crippen molar-refractivity contribution in [1.82, 2.24) is 5.32 Å². The van der Waals surface area contributed by atoms with Crippen LogP contribution in [-0.4, -0.2) is 25.7 Å². The Labute approximate surface area is 102 Å². The van der Waals surface area contributed by atoms with Crippen molar-refractivity contribution in [3.8, 4) is 5.75 Å². The fourth-order valence-electron chi connectivity index (χ4n) is 1.35. The topological polar surface area (TPSA) is 47.6 Å². The molecule has 4 nitrogen and oxygen atoms in total. The molecule has 94 valence electrons. The molecular weight excluding hydrogens is 218 g/mol. The van der Waals surface area contributed by atoms with E-state index in [4.69, 9.17) is 9.47 Å². The predicted octanol–water partition coefficient (Wildman–Crippen LogP) is 1.74. The van der Waals surface area contributed by atoms with Crippen LogP contribution >= 0.6 is 0 Å². The first-order chi connectivity index (χ1) is 8.11. The quantitative estimate of drug-likeness (QED) is 0.765. The van der Waals surface area contributed by atoms with Crippen molar-refractivity contribution in [2.24, 2.45) is 0 Å². The van der Waals surface area contributed by atoms with Gasteiger partial charge >= 0.3 is 5.97 Å². The molecule has 1 rings (SSSR count). The summed E-state index contributed by atoms with van der Waals surface area (Å²) in [7, 11) is 1.90. The summed E-state index contributed by atoms with van der Waals surface area (Å²) in [6.45, 7) is 4.38.